The summed E-state index contributed by atoms with van der Waals surface area (Å²) >= 11 is 6.78. The molecule has 0 saturated heterocycles. The van der Waals surface area contributed by atoms with Gasteiger partial charge >= 0.3 is 6.18 Å². The molecule has 0 unspecified atom stereocenters. The molecule has 0 bridgehead atoms. The molecule has 124 valence electrons. The highest BCUT2D eigenvalue weighted by molar-refractivity contribution is 8.00. The van der Waals surface area contributed by atoms with Gasteiger partial charge in [-0.3, -0.25) is 4.79 Å². The summed E-state index contributed by atoms with van der Waals surface area (Å²) in [6.07, 6.45) is -2.93. The first-order valence-electron chi connectivity index (χ1n) is 6.61. The summed E-state index contributed by atoms with van der Waals surface area (Å²) in [6.45, 7) is 6.76. The van der Waals surface area contributed by atoms with Crippen molar-refractivity contribution in [1.29, 1.82) is 0 Å². The first kappa shape index (κ1) is 19.1. The van der Waals surface area contributed by atoms with Crippen LogP contribution in [0.4, 0.5) is 13.2 Å². The lowest BCUT2D eigenvalue weighted by molar-refractivity contribution is -0.137. The number of carbonyl (C=O) groups excluding carboxylic acids is 1. The standard InChI is InChI=1S/C14H18ClF3N2OS/c1-13(2,3)4-5-19-11(21)8-22-12-10(15)6-9(7-20-12)14(16,17)18/h6-7H,4-5,8H2,1-3H3,(H,19,21). The van der Waals surface area contributed by atoms with Crippen molar-refractivity contribution >= 4 is 29.3 Å². The molecule has 0 radical (unpaired) electrons. The van der Waals surface area contributed by atoms with E-state index in [0.29, 0.717) is 12.7 Å². The number of hydrogen-bond donors (Lipinski definition) is 1. The number of thioether (sulfide) groups is 1. The number of halogens is 4. The summed E-state index contributed by atoms with van der Waals surface area (Å²) in [6, 6.07) is 0.814. The van der Waals surface area contributed by atoms with Crippen LogP contribution in [0.2, 0.25) is 5.02 Å². The fourth-order valence-corrected chi connectivity index (χ4v) is 2.47. The smallest absolute Gasteiger partial charge is 0.355 e. The van der Waals surface area contributed by atoms with Crippen molar-refractivity contribution in [2.45, 2.75) is 38.4 Å². The van der Waals surface area contributed by atoms with Gasteiger partial charge in [-0.2, -0.15) is 13.2 Å². The molecule has 1 N–H and O–H groups in total. The number of carbonyl (C=O) groups is 1. The number of nitrogens with zero attached hydrogens (tertiary/aromatic N) is 1. The minimum Gasteiger partial charge on any atom is -0.355 e. The van der Waals surface area contributed by atoms with Crippen LogP contribution in [0.1, 0.15) is 32.8 Å². The van der Waals surface area contributed by atoms with Gasteiger partial charge in [0.25, 0.3) is 0 Å². The summed E-state index contributed by atoms with van der Waals surface area (Å²) in [5, 5.41) is 2.85. The molecule has 3 nitrogen and oxygen atoms in total. The Labute approximate surface area is 137 Å². The normalized spacial score (nSPS) is 12.3. The Morgan fingerprint density at radius 1 is 1.36 bits per heavy atom. The summed E-state index contributed by atoms with van der Waals surface area (Å²) in [5.74, 6) is -0.144. The molecule has 1 aromatic rings. The Bertz CT molecular complexity index is 530. The van der Waals surface area contributed by atoms with E-state index in [1.807, 2.05) is 0 Å². The van der Waals surface area contributed by atoms with E-state index in [1.54, 1.807) is 0 Å². The van der Waals surface area contributed by atoms with Crippen molar-refractivity contribution in [3.63, 3.8) is 0 Å². The van der Waals surface area contributed by atoms with E-state index in [-0.39, 0.29) is 27.1 Å². The summed E-state index contributed by atoms with van der Waals surface area (Å²) < 4.78 is 37.4. The Morgan fingerprint density at radius 3 is 2.50 bits per heavy atom. The minimum atomic E-state index is -4.48. The van der Waals surface area contributed by atoms with Crippen LogP contribution in [0.15, 0.2) is 17.3 Å². The van der Waals surface area contributed by atoms with E-state index < -0.39 is 11.7 Å². The Balaban J connectivity index is 2.50. The van der Waals surface area contributed by atoms with Gasteiger partial charge < -0.3 is 5.32 Å². The van der Waals surface area contributed by atoms with Crippen molar-refractivity contribution in [2.24, 2.45) is 5.41 Å². The SMILES string of the molecule is CC(C)(C)CCNC(=O)CSc1ncc(C(F)(F)F)cc1Cl. The van der Waals surface area contributed by atoms with Crippen LogP contribution in [0.5, 0.6) is 0 Å². The highest BCUT2D eigenvalue weighted by atomic mass is 35.5. The van der Waals surface area contributed by atoms with Gasteiger partial charge in [0, 0.05) is 12.7 Å². The van der Waals surface area contributed by atoms with Gasteiger partial charge in [-0.25, -0.2) is 4.98 Å². The maximum Gasteiger partial charge on any atom is 0.417 e. The summed E-state index contributed by atoms with van der Waals surface area (Å²) in [4.78, 5) is 15.3. The Kier molecular flexibility index (Phi) is 6.55. The monoisotopic (exact) mass is 354 g/mol. The van der Waals surface area contributed by atoms with Gasteiger partial charge in [0.1, 0.15) is 5.03 Å². The zero-order valence-corrected chi connectivity index (χ0v) is 14.1. The van der Waals surface area contributed by atoms with Crippen LogP contribution in [0.25, 0.3) is 0 Å². The number of aromatic nitrogens is 1. The van der Waals surface area contributed by atoms with Crippen molar-refractivity contribution < 1.29 is 18.0 Å². The number of pyridine rings is 1. The van der Waals surface area contributed by atoms with Gasteiger partial charge in [-0.1, -0.05) is 44.1 Å². The molecular formula is C14H18ClF3N2OS. The molecule has 0 atom stereocenters. The highest BCUT2D eigenvalue weighted by Gasteiger charge is 2.31. The van der Waals surface area contributed by atoms with Gasteiger partial charge in [-0.15, -0.1) is 0 Å². The van der Waals surface area contributed by atoms with E-state index in [4.69, 9.17) is 11.6 Å². The zero-order chi connectivity index (χ0) is 17.0. The highest BCUT2D eigenvalue weighted by Crippen LogP contribution is 2.33. The number of hydrogen-bond acceptors (Lipinski definition) is 3. The third-order valence-electron chi connectivity index (χ3n) is 2.67. The van der Waals surface area contributed by atoms with E-state index in [2.05, 4.69) is 31.1 Å². The molecule has 0 saturated carbocycles. The number of amides is 1. The van der Waals surface area contributed by atoms with Crippen LogP contribution in [-0.4, -0.2) is 23.2 Å². The molecule has 8 heteroatoms. The maximum atomic E-state index is 12.5. The number of rotatable bonds is 5. The fraction of sp³-hybridized carbons (Fsp3) is 0.571. The quantitative estimate of drug-likeness (QED) is 0.797. The maximum absolute atomic E-state index is 12.5. The molecular weight excluding hydrogens is 337 g/mol. The van der Waals surface area contributed by atoms with E-state index in [9.17, 15) is 18.0 Å². The van der Waals surface area contributed by atoms with E-state index in [0.717, 1.165) is 24.2 Å². The van der Waals surface area contributed by atoms with Crippen LogP contribution < -0.4 is 5.32 Å². The molecule has 0 spiro atoms. The second kappa shape index (κ2) is 7.55. The van der Waals surface area contributed by atoms with Gasteiger partial charge in [0.15, 0.2) is 0 Å². The second-order valence-electron chi connectivity index (χ2n) is 5.96. The van der Waals surface area contributed by atoms with Gasteiger partial charge in [0.2, 0.25) is 5.91 Å². The fourth-order valence-electron chi connectivity index (χ4n) is 1.45. The third kappa shape index (κ3) is 6.87. The Hall–Kier alpha value is -0.950. The van der Waals surface area contributed by atoms with Gasteiger partial charge in [0.05, 0.1) is 16.3 Å². The molecule has 1 rings (SSSR count). The van der Waals surface area contributed by atoms with Crippen molar-refractivity contribution in [1.82, 2.24) is 10.3 Å². The van der Waals surface area contributed by atoms with E-state index in [1.165, 1.54) is 0 Å². The third-order valence-corrected chi connectivity index (χ3v) is 4.08. The second-order valence-corrected chi connectivity index (χ2v) is 7.33. The predicted molar refractivity (Wildman–Crippen MR) is 82.1 cm³/mol. The van der Waals surface area contributed by atoms with Crippen molar-refractivity contribution in [2.75, 3.05) is 12.3 Å². The van der Waals surface area contributed by atoms with Crippen LogP contribution in [0, 0.1) is 5.41 Å². The van der Waals surface area contributed by atoms with E-state index >= 15 is 0 Å². The summed E-state index contributed by atoms with van der Waals surface area (Å²) in [5.41, 5.74) is -0.782. The van der Waals surface area contributed by atoms with Crippen LogP contribution >= 0.6 is 23.4 Å². The summed E-state index contributed by atoms with van der Waals surface area (Å²) in [7, 11) is 0. The largest absolute Gasteiger partial charge is 0.417 e. The average molecular weight is 355 g/mol. The van der Waals surface area contributed by atoms with Crippen LogP contribution in [0.3, 0.4) is 0 Å². The lowest BCUT2D eigenvalue weighted by atomic mass is 9.92. The van der Waals surface area contributed by atoms with Gasteiger partial charge in [-0.05, 0) is 17.9 Å². The molecule has 0 aromatic carbocycles. The molecule has 0 aliphatic carbocycles. The molecule has 0 aliphatic rings. The topological polar surface area (TPSA) is 42.0 Å². The molecule has 1 aromatic heterocycles. The molecule has 1 amide bonds. The molecule has 0 aliphatic heterocycles. The predicted octanol–water partition coefficient (Wildman–Crippen LogP) is 4.40. The first-order valence-corrected chi connectivity index (χ1v) is 7.97. The Morgan fingerprint density at radius 2 is 2.00 bits per heavy atom. The van der Waals surface area contributed by atoms with Crippen LogP contribution in [-0.2, 0) is 11.0 Å². The molecule has 22 heavy (non-hydrogen) atoms. The zero-order valence-electron chi connectivity index (χ0n) is 12.6. The average Bonchev–Trinajstić information content (AvgIpc) is 2.34. The number of nitrogens with one attached hydrogen (secondary N) is 1. The lowest BCUT2D eigenvalue weighted by Gasteiger charge is -2.17. The minimum absolute atomic E-state index is 0.0578. The molecule has 0 fully saturated rings. The number of alkyl halides is 3. The van der Waals surface area contributed by atoms with Crippen molar-refractivity contribution in [3.05, 3.63) is 22.8 Å². The lowest BCUT2D eigenvalue weighted by Crippen LogP contribution is -2.28. The molecule has 1 heterocycles. The van der Waals surface area contributed by atoms with Crippen molar-refractivity contribution in [3.8, 4) is 0 Å². The first-order chi connectivity index (χ1) is 9.99.